The molecule has 0 aromatic carbocycles. The quantitative estimate of drug-likeness (QED) is 0.706. The highest BCUT2D eigenvalue weighted by molar-refractivity contribution is 9.09. The molecule has 1 rings (SSSR count). The van der Waals surface area contributed by atoms with Crippen molar-refractivity contribution in [3.05, 3.63) is 0 Å². The van der Waals surface area contributed by atoms with E-state index in [1.807, 2.05) is 4.90 Å². The normalized spacial score (nSPS) is 20.9. The third-order valence-electron chi connectivity index (χ3n) is 3.25. The standard InChI is InChI=1S/C13H24BrNO2/c1-3-5-11(6-4-2)13(16)15-7-8-17-12(9-14)10-15/h11-12H,3-10H2,1-2H3. The van der Waals surface area contributed by atoms with Gasteiger partial charge in [0.1, 0.15) is 0 Å². The number of rotatable bonds is 6. The molecule has 100 valence electrons. The van der Waals surface area contributed by atoms with Crippen LogP contribution in [0.2, 0.25) is 0 Å². The Balaban J connectivity index is 2.53. The van der Waals surface area contributed by atoms with Crippen molar-refractivity contribution in [1.29, 1.82) is 0 Å². The summed E-state index contributed by atoms with van der Waals surface area (Å²) in [6.07, 6.45) is 4.37. The molecule has 0 N–H and O–H groups in total. The van der Waals surface area contributed by atoms with E-state index in [9.17, 15) is 4.79 Å². The summed E-state index contributed by atoms with van der Waals surface area (Å²) in [5.41, 5.74) is 0. The largest absolute Gasteiger partial charge is 0.374 e. The highest BCUT2D eigenvalue weighted by Gasteiger charge is 2.27. The number of amides is 1. The molecule has 0 radical (unpaired) electrons. The molecular formula is C13H24BrNO2. The summed E-state index contributed by atoms with van der Waals surface area (Å²) in [7, 11) is 0. The molecule has 0 bridgehead atoms. The van der Waals surface area contributed by atoms with E-state index < -0.39 is 0 Å². The molecule has 1 amide bonds. The van der Waals surface area contributed by atoms with E-state index in [4.69, 9.17) is 4.74 Å². The van der Waals surface area contributed by atoms with E-state index in [-0.39, 0.29) is 12.0 Å². The lowest BCUT2D eigenvalue weighted by Crippen LogP contribution is -2.48. The zero-order chi connectivity index (χ0) is 12.7. The van der Waals surface area contributed by atoms with Crippen LogP contribution >= 0.6 is 15.9 Å². The lowest BCUT2D eigenvalue weighted by atomic mass is 9.96. The smallest absolute Gasteiger partial charge is 0.225 e. The van der Waals surface area contributed by atoms with Crippen molar-refractivity contribution < 1.29 is 9.53 Å². The Kier molecular flexibility index (Phi) is 7.12. The number of halogens is 1. The molecule has 1 saturated heterocycles. The van der Waals surface area contributed by atoms with Crippen molar-refractivity contribution in [3.8, 4) is 0 Å². The third kappa shape index (κ3) is 4.59. The second kappa shape index (κ2) is 8.09. The minimum Gasteiger partial charge on any atom is -0.374 e. The summed E-state index contributed by atoms with van der Waals surface area (Å²) in [5.74, 6) is 0.557. The molecule has 0 aromatic heterocycles. The average Bonchev–Trinajstić information content (AvgIpc) is 2.38. The summed E-state index contributed by atoms with van der Waals surface area (Å²) >= 11 is 3.42. The van der Waals surface area contributed by atoms with Crippen LogP contribution in [0.5, 0.6) is 0 Å². The van der Waals surface area contributed by atoms with Crippen LogP contribution in [0.3, 0.4) is 0 Å². The molecule has 1 heterocycles. The van der Waals surface area contributed by atoms with Crippen LogP contribution in [0, 0.1) is 5.92 Å². The molecular weight excluding hydrogens is 282 g/mol. The molecule has 0 aliphatic carbocycles. The number of carbonyl (C=O) groups excluding carboxylic acids is 1. The lowest BCUT2D eigenvalue weighted by Gasteiger charge is -2.34. The maximum absolute atomic E-state index is 12.4. The molecule has 3 nitrogen and oxygen atoms in total. The second-order valence-electron chi connectivity index (χ2n) is 4.71. The summed E-state index contributed by atoms with van der Waals surface area (Å²) in [6.45, 7) is 6.47. The second-order valence-corrected chi connectivity index (χ2v) is 5.35. The Labute approximate surface area is 113 Å². The van der Waals surface area contributed by atoms with Crippen LogP contribution in [0.15, 0.2) is 0 Å². The van der Waals surface area contributed by atoms with E-state index in [2.05, 4.69) is 29.8 Å². The van der Waals surface area contributed by atoms with Crippen molar-refractivity contribution in [3.63, 3.8) is 0 Å². The topological polar surface area (TPSA) is 29.5 Å². The number of hydrogen-bond donors (Lipinski definition) is 0. The number of carbonyl (C=O) groups is 1. The maximum atomic E-state index is 12.4. The summed E-state index contributed by atoms with van der Waals surface area (Å²) < 4.78 is 5.57. The van der Waals surface area contributed by atoms with Gasteiger partial charge in [0.05, 0.1) is 12.7 Å². The van der Waals surface area contributed by atoms with Gasteiger partial charge in [-0.25, -0.2) is 0 Å². The van der Waals surface area contributed by atoms with Gasteiger partial charge in [-0.05, 0) is 12.8 Å². The zero-order valence-electron chi connectivity index (χ0n) is 11.0. The van der Waals surface area contributed by atoms with Crippen LogP contribution in [0.1, 0.15) is 39.5 Å². The maximum Gasteiger partial charge on any atom is 0.225 e. The molecule has 0 saturated carbocycles. The average molecular weight is 306 g/mol. The Morgan fingerprint density at radius 2 is 2.06 bits per heavy atom. The molecule has 17 heavy (non-hydrogen) atoms. The number of alkyl halides is 1. The van der Waals surface area contributed by atoms with Gasteiger partial charge in [-0.3, -0.25) is 4.79 Å². The Morgan fingerprint density at radius 3 is 2.59 bits per heavy atom. The summed E-state index contributed by atoms with van der Waals surface area (Å²) in [6, 6.07) is 0. The van der Waals surface area contributed by atoms with E-state index >= 15 is 0 Å². The minimum absolute atomic E-state index is 0.164. The van der Waals surface area contributed by atoms with E-state index in [0.717, 1.165) is 44.1 Å². The van der Waals surface area contributed by atoms with E-state index in [1.54, 1.807) is 0 Å². The SMILES string of the molecule is CCCC(CCC)C(=O)N1CCOC(CBr)C1. The van der Waals surface area contributed by atoms with Gasteiger partial charge >= 0.3 is 0 Å². The highest BCUT2D eigenvalue weighted by Crippen LogP contribution is 2.19. The van der Waals surface area contributed by atoms with Crippen molar-refractivity contribution in [2.24, 2.45) is 5.92 Å². The van der Waals surface area contributed by atoms with Crippen LogP contribution in [-0.4, -0.2) is 41.9 Å². The predicted molar refractivity (Wildman–Crippen MR) is 73.4 cm³/mol. The lowest BCUT2D eigenvalue weighted by molar-refractivity contribution is -0.142. The summed E-state index contributed by atoms with van der Waals surface area (Å²) in [5, 5.41) is 0.809. The minimum atomic E-state index is 0.164. The first-order valence-corrected chi connectivity index (χ1v) is 7.81. The first kappa shape index (κ1) is 15.0. The van der Waals surface area contributed by atoms with Crippen molar-refractivity contribution in [2.75, 3.05) is 25.0 Å². The van der Waals surface area contributed by atoms with E-state index in [0.29, 0.717) is 12.5 Å². The zero-order valence-corrected chi connectivity index (χ0v) is 12.5. The third-order valence-corrected chi connectivity index (χ3v) is 3.97. The molecule has 1 aliphatic rings. The van der Waals surface area contributed by atoms with Gasteiger partial charge in [-0.1, -0.05) is 42.6 Å². The van der Waals surface area contributed by atoms with Crippen LogP contribution in [-0.2, 0) is 9.53 Å². The molecule has 1 unspecified atom stereocenters. The van der Waals surface area contributed by atoms with Gasteiger partial charge in [0.15, 0.2) is 0 Å². The molecule has 4 heteroatoms. The number of morpholine rings is 1. The Bertz CT molecular complexity index is 229. The first-order chi connectivity index (χ1) is 8.22. The van der Waals surface area contributed by atoms with Crippen molar-refractivity contribution in [1.82, 2.24) is 4.90 Å². The van der Waals surface area contributed by atoms with Gasteiger partial charge in [0.25, 0.3) is 0 Å². The highest BCUT2D eigenvalue weighted by atomic mass is 79.9. The molecule has 0 spiro atoms. The van der Waals surface area contributed by atoms with Crippen LogP contribution in [0.25, 0.3) is 0 Å². The van der Waals surface area contributed by atoms with Gasteiger partial charge < -0.3 is 9.64 Å². The molecule has 1 aliphatic heterocycles. The van der Waals surface area contributed by atoms with Gasteiger partial charge in [0, 0.05) is 24.3 Å². The van der Waals surface area contributed by atoms with Gasteiger partial charge in [-0.2, -0.15) is 0 Å². The molecule has 0 aromatic rings. The van der Waals surface area contributed by atoms with Gasteiger partial charge in [-0.15, -0.1) is 0 Å². The first-order valence-electron chi connectivity index (χ1n) is 6.69. The summed E-state index contributed by atoms with van der Waals surface area (Å²) in [4.78, 5) is 14.4. The number of ether oxygens (including phenoxy) is 1. The predicted octanol–water partition coefficient (Wildman–Crippen LogP) is 2.83. The van der Waals surface area contributed by atoms with Gasteiger partial charge in [0.2, 0.25) is 5.91 Å². The van der Waals surface area contributed by atoms with Crippen LogP contribution < -0.4 is 0 Å². The fourth-order valence-electron chi connectivity index (χ4n) is 2.36. The number of hydrogen-bond acceptors (Lipinski definition) is 2. The Morgan fingerprint density at radius 1 is 1.41 bits per heavy atom. The monoisotopic (exact) mass is 305 g/mol. The fourth-order valence-corrected chi connectivity index (χ4v) is 2.75. The number of nitrogens with zero attached hydrogens (tertiary/aromatic N) is 1. The van der Waals surface area contributed by atoms with E-state index in [1.165, 1.54) is 0 Å². The molecule has 1 fully saturated rings. The molecule has 1 atom stereocenters. The van der Waals surface area contributed by atoms with Crippen LogP contribution in [0.4, 0.5) is 0 Å². The van der Waals surface area contributed by atoms with Crippen molar-refractivity contribution in [2.45, 2.75) is 45.6 Å². The Hall–Kier alpha value is -0.0900. The van der Waals surface area contributed by atoms with Crippen molar-refractivity contribution >= 4 is 21.8 Å². The fraction of sp³-hybridized carbons (Fsp3) is 0.923.